The summed E-state index contributed by atoms with van der Waals surface area (Å²) in [6.07, 6.45) is 4.18. The molecule has 0 spiro atoms. The molecule has 3 aromatic carbocycles. The van der Waals surface area contributed by atoms with Crippen LogP contribution in [0.4, 0.5) is 11.4 Å². The quantitative estimate of drug-likeness (QED) is 0.299. The Morgan fingerprint density at radius 3 is 2.11 bits per heavy atom. The summed E-state index contributed by atoms with van der Waals surface area (Å²) in [6, 6.07) is 11.5. The Labute approximate surface area is 233 Å². The Balaban J connectivity index is 2.48. The topological polar surface area (TPSA) is 24.1 Å². The van der Waals surface area contributed by atoms with Crippen LogP contribution in [-0.2, 0) is 0 Å². The Kier molecular flexibility index (Phi) is 9.18. The van der Waals surface area contributed by atoms with Crippen molar-refractivity contribution < 1.29 is 0 Å². The lowest BCUT2D eigenvalue weighted by Crippen LogP contribution is -2.14. The van der Waals surface area contributed by atoms with Gasteiger partial charge in [0.05, 0.1) is 0 Å². The van der Waals surface area contributed by atoms with E-state index < -0.39 is 0 Å². The normalized spacial score (nSPS) is 12.4. The average molecular weight is 511 g/mol. The first-order valence-corrected chi connectivity index (χ1v) is 14.3. The van der Waals surface area contributed by atoms with E-state index in [1.165, 1.54) is 72.6 Å². The van der Waals surface area contributed by atoms with E-state index in [0.29, 0.717) is 5.92 Å². The van der Waals surface area contributed by atoms with Crippen LogP contribution in [0.2, 0.25) is 0 Å². The zero-order valence-corrected chi connectivity index (χ0v) is 25.9. The third-order valence-electron chi connectivity index (χ3n) is 8.04. The summed E-state index contributed by atoms with van der Waals surface area (Å²) in [5.41, 5.74) is 17.3. The summed E-state index contributed by atoms with van der Waals surface area (Å²) in [7, 11) is 2.07. The second-order valence-corrected chi connectivity index (χ2v) is 12.3. The van der Waals surface area contributed by atoms with Gasteiger partial charge in [0, 0.05) is 30.5 Å². The zero-order chi connectivity index (χ0) is 28.4. The number of nitrogens with one attached hydrogen (secondary N) is 2. The van der Waals surface area contributed by atoms with Crippen molar-refractivity contribution in [3.8, 4) is 22.3 Å². The molecule has 1 atom stereocenters. The Bertz CT molecular complexity index is 1320. The fourth-order valence-corrected chi connectivity index (χ4v) is 6.24. The molecule has 0 fully saturated rings. The molecular formula is C36H50N2. The summed E-state index contributed by atoms with van der Waals surface area (Å²) >= 11 is 0. The number of benzene rings is 3. The van der Waals surface area contributed by atoms with E-state index in [2.05, 4.69) is 124 Å². The maximum Gasteiger partial charge on any atom is 0.0453 e. The molecule has 0 aliphatic carbocycles. The predicted molar refractivity (Wildman–Crippen MR) is 172 cm³/mol. The molecule has 0 aliphatic heterocycles. The molecule has 3 rings (SSSR count). The molecule has 0 radical (unpaired) electrons. The van der Waals surface area contributed by atoms with Crippen molar-refractivity contribution in [3.05, 3.63) is 75.9 Å². The van der Waals surface area contributed by atoms with Gasteiger partial charge < -0.3 is 10.6 Å². The molecule has 2 heteroatoms. The molecule has 0 saturated heterocycles. The number of rotatable bonds is 9. The second kappa shape index (κ2) is 11.8. The molecule has 204 valence electrons. The largest absolute Gasteiger partial charge is 0.387 e. The minimum atomic E-state index is 0.235. The molecule has 0 aliphatic rings. The highest BCUT2D eigenvalue weighted by atomic mass is 14.9. The summed E-state index contributed by atoms with van der Waals surface area (Å²) in [6.45, 7) is 28.1. The summed E-state index contributed by atoms with van der Waals surface area (Å²) in [4.78, 5) is 0. The smallest absolute Gasteiger partial charge is 0.0453 e. The molecule has 2 N–H and O–H groups in total. The van der Waals surface area contributed by atoms with Crippen molar-refractivity contribution in [3.63, 3.8) is 0 Å². The highest BCUT2D eigenvalue weighted by Gasteiger charge is 2.28. The Hall–Kier alpha value is -3.00. The van der Waals surface area contributed by atoms with Crippen LogP contribution in [-0.4, -0.2) is 13.6 Å². The van der Waals surface area contributed by atoms with Crippen LogP contribution in [0.15, 0.2) is 36.9 Å². The van der Waals surface area contributed by atoms with Crippen LogP contribution in [0.1, 0.15) is 92.3 Å². The van der Waals surface area contributed by atoms with Gasteiger partial charge in [-0.15, -0.1) is 0 Å². The average Bonchev–Trinajstić information content (AvgIpc) is 2.84. The van der Waals surface area contributed by atoms with E-state index >= 15 is 0 Å². The number of hydrogen-bond donors (Lipinski definition) is 2. The maximum absolute atomic E-state index is 4.10. The lowest BCUT2D eigenvalue weighted by atomic mass is 9.74. The van der Waals surface area contributed by atoms with Gasteiger partial charge in [0.1, 0.15) is 0 Å². The second-order valence-electron chi connectivity index (χ2n) is 12.3. The first-order chi connectivity index (χ1) is 17.9. The molecule has 0 amide bonds. The van der Waals surface area contributed by atoms with Crippen LogP contribution < -0.4 is 10.6 Å². The number of aryl methyl sites for hydroxylation is 2. The third kappa shape index (κ3) is 5.85. The maximum atomic E-state index is 4.10. The van der Waals surface area contributed by atoms with E-state index in [1.54, 1.807) is 0 Å². The SMILES string of the molecule is C=Cc1ccc(-c2c(C)c(-c3ccc(C)c(C)c3)c(NC)c(C)c2C(C)CC(C)(C)C)c(C)c1NCCC. The van der Waals surface area contributed by atoms with Gasteiger partial charge in [0.25, 0.3) is 0 Å². The van der Waals surface area contributed by atoms with Crippen molar-refractivity contribution >= 4 is 17.5 Å². The molecule has 0 aromatic heterocycles. The van der Waals surface area contributed by atoms with E-state index in [4.69, 9.17) is 0 Å². The Morgan fingerprint density at radius 2 is 1.55 bits per heavy atom. The lowest BCUT2D eigenvalue weighted by Gasteiger charge is -2.31. The van der Waals surface area contributed by atoms with Crippen LogP contribution >= 0.6 is 0 Å². The van der Waals surface area contributed by atoms with Crippen molar-refractivity contribution in [1.82, 2.24) is 0 Å². The molecular weight excluding hydrogens is 460 g/mol. The van der Waals surface area contributed by atoms with Crippen molar-refractivity contribution in [2.24, 2.45) is 5.41 Å². The first-order valence-electron chi connectivity index (χ1n) is 14.3. The van der Waals surface area contributed by atoms with Crippen molar-refractivity contribution in [2.75, 3.05) is 24.2 Å². The van der Waals surface area contributed by atoms with Gasteiger partial charge in [-0.25, -0.2) is 0 Å². The number of hydrogen-bond acceptors (Lipinski definition) is 2. The minimum absolute atomic E-state index is 0.235. The molecule has 38 heavy (non-hydrogen) atoms. The highest BCUT2D eigenvalue weighted by Crippen LogP contribution is 2.49. The van der Waals surface area contributed by atoms with Gasteiger partial charge >= 0.3 is 0 Å². The lowest BCUT2D eigenvalue weighted by molar-refractivity contribution is 0.348. The summed E-state index contributed by atoms with van der Waals surface area (Å²) in [5, 5.41) is 7.33. The van der Waals surface area contributed by atoms with Gasteiger partial charge in [0.15, 0.2) is 0 Å². The predicted octanol–water partition coefficient (Wildman–Crippen LogP) is 10.6. The number of anilines is 2. The monoisotopic (exact) mass is 510 g/mol. The van der Waals surface area contributed by atoms with Gasteiger partial charge in [-0.05, 0) is 114 Å². The Morgan fingerprint density at radius 1 is 0.868 bits per heavy atom. The van der Waals surface area contributed by atoms with Crippen LogP contribution in [0, 0.1) is 40.0 Å². The van der Waals surface area contributed by atoms with Gasteiger partial charge in [-0.2, -0.15) is 0 Å². The van der Waals surface area contributed by atoms with Crippen LogP contribution in [0.5, 0.6) is 0 Å². The van der Waals surface area contributed by atoms with Crippen molar-refractivity contribution in [1.29, 1.82) is 0 Å². The zero-order valence-electron chi connectivity index (χ0n) is 25.9. The minimum Gasteiger partial charge on any atom is -0.387 e. The van der Waals surface area contributed by atoms with Crippen molar-refractivity contribution in [2.45, 2.75) is 88.0 Å². The molecule has 0 saturated carbocycles. The summed E-state index contributed by atoms with van der Waals surface area (Å²) < 4.78 is 0. The van der Waals surface area contributed by atoms with Gasteiger partial charge in [-0.1, -0.05) is 77.6 Å². The van der Waals surface area contributed by atoms with E-state index in [9.17, 15) is 0 Å². The van der Waals surface area contributed by atoms with Crippen LogP contribution in [0.25, 0.3) is 28.3 Å². The molecule has 1 unspecified atom stereocenters. The van der Waals surface area contributed by atoms with E-state index in [0.717, 1.165) is 19.4 Å². The van der Waals surface area contributed by atoms with Gasteiger partial charge in [0.2, 0.25) is 0 Å². The summed E-state index contributed by atoms with van der Waals surface area (Å²) in [5.74, 6) is 0.412. The van der Waals surface area contributed by atoms with Gasteiger partial charge in [-0.3, -0.25) is 0 Å². The van der Waals surface area contributed by atoms with E-state index in [1.807, 2.05) is 6.08 Å². The first kappa shape index (κ1) is 29.6. The fourth-order valence-electron chi connectivity index (χ4n) is 6.24. The van der Waals surface area contributed by atoms with E-state index in [-0.39, 0.29) is 5.41 Å². The molecule has 3 aromatic rings. The van der Waals surface area contributed by atoms with Crippen LogP contribution in [0.3, 0.4) is 0 Å². The third-order valence-corrected chi connectivity index (χ3v) is 8.04. The fraction of sp³-hybridized carbons (Fsp3) is 0.444. The standard InChI is InChI=1S/C36H50N2/c1-13-19-38-34-25(6)30(18-17-28(34)14-2)33-26(7)32(29-16-15-22(3)23(4)20-29)35(37-12)27(8)31(33)24(5)21-36(9,10)11/h14-18,20,24,37-38H,2,13,19,21H2,1,3-12H3. The highest BCUT2D eigenvalue weighted by molar-refractivity contribution is 5.94. The molecule has 2 nitrogen and oxygen atoms in total. The molecule has 0 heterocycles. The molecule has 0 bridgehead atoms.